The van der Waals surface area contributed by atoms with Crippen LogP contribution in [0.3, 0.4) is 0 Å². The molecular weight excluding hydrogens is 304 g/mol. The summed E-state index contributed by atoms with van der Waals surface area (Å²) >= 11 is 0. The second-order valence-electron chi connectivity index (χ2n) is 5.57. The molecule has 1 aliphatic rings. The number of hydrogen-bond acceptors (Lipinski definition) is 5. The molecule has 2 rings (SSSR count). The monoisotopic (exact) mass is 326 g/mol. The molecule has 1 saturated heterocycles. The van der Waals surface area contributed by atoms with E-state index >= 15 is 0 Å². The van der Waals surface area contributed by atoms with Gasteiger partial charge in [0.05, 0.1) is 17.6 Å². The summed E-state index contributed by atoms with van der Waals surface area (Å²) in [7, 11) is -0.584. The highest BCUT2D eigenvalue weighted by atomic mass is 32.2. The molecule has 0 aliphatic carbocycles. The maximum absolute atomic E-state index is 12.8. The van der Waals surface area contributed by atoms with Gasteiger partial charge in [-0.2, -0.15) is 4.31 Å². The Morgan fingerprint density at radius 1 is 1.45 bits per heavy atom. The van der Waals surface area contributed by atoms with Crippen LogP contribution in [0.5, 0.6) is 0 Å². The van der Waals surface area contributed by atoms with Gasteiger partial charge in [0.25, 0.3) is 0 Å². The quantitative estimate of drug-likeness (QED) is 0.818. The van der Waals surface area contributed by atoms with Crippen LogP contribution in [-0.2, 0) is 14.8 Å². The molecule has 1 aromatic rings. The lowest BCUT2D eigenvalue weighted by Crippen LogP contribution is -2.31. The van der Waals surface area contributed by atoms with E-state index in [4.69, 9.17) is 4.74 Å². The maximum atomic E-state index is 12.8. The van der Waals surface area contributed by atoms with Crippen LogP contribution < -0.4 is 5.32 Å². The van der Waals surface area contributed by atoms with Crippen molar-refractivity contribution in [2.75, 3.05) is 33.8 Å². The number of esters is 1. The molecule has 0 saturated carbocycles. The van der Waals surface area contributed by atoms with Gasteiger partial charge < -0.3 is 10.1 Å². The fraction of sp³-hybridized carbons (Fsp3) is 0.533. The highest BCUT2D eigenvalue weighted by molar-refractivity contribution is 7.89. The van der Waals surface area contributed by atoms with Crippen molar-refractivity contribution >= 4 is 16.0 Å². The van der Waals surface area contributed by atoms with Crippen LogP contribution in [0.25, 0.3) is 0 Å². The molecule has 7 heteroatoms. The zero-order valence-electron chi connectivity index (χ0n) is 13.1. The van der Waals surface area contributed by atoms with Crippen LogP contribution in [0.2, 0.25) is 0 Å². The molecule has 122 valence electrons. The third-order valence-corrected chi connectivity index (χ3v) is 5.82. The predicted molar refractivity (Wildman–Crippen MR) is 83.3 cm³/mol. The molecule has 6 nitrogen and oxygen atoms in total. The van der Waals surface area contributed by atoms with Crippen LogP contribution in [0.4, 0.5) is 0 Å². The number of methoxy groups -OCH3 is 1. The van der Waals surface area contributed by atoms with E-state index in [-0.39, 0.29) is 10.5 Å². The minimum absolute atomic E-state index is 0.0232. The van der Waals surface area contributed by atoms with E-state index in [1.165, 1.54) is 17.5 Å². The first kappa shape index (κ1) is 16.9. The molecule has 0 bridgehead atoms. The lowest BCUT2D eigenvalue weighted by Gasteiger charge is -2.18. The Bertz CT molecular complexity index is 658. The number of nitrogens with one attached hydrogen (secondary N) is 1. The van der Waals surface area contributed by atoms with Crippen LogP contribution in [0, 0.1) is 12.8 Å². The number of sulfonamides is 1. The van der Waals surface area contributed by atoms with E-state index in [2.05, 4.69) is 5.32 Å². The van der Waals surface area contributed by atoms with Crippen molar-refractivity contribution in [3.63, 3.8) is 0 Å². The normalized spacial score (nSPS) is 19.3. The molecule has 1 N–H and O–H groups in total. The van der Waals surface area contributed by atoms with Crippen molar-refractivity contribution in [1.82, 2.24) is 9.62 Å². The Labute approximate surface area is 131 Å². The van der Waals surface area contributed by atoms with Gasteiger partial charge >= 0.3 is 5.97 Å². The number of benzene rings is 1. The second kappa shape index (κ2) is 6.76. The average molecular weight is 326 g/mol. The van der Waals surface area contributed by atoms with Gasteiger partial charge in [0.2, 0.25) is 10.0 Å². The number of nitrogens with zero attached hydrogens (tertiary/aromatic N) is 1. The molecule has 1 atom stereocenters. The highest BCUT2D eigenvalue weighted by Crippen LogP contribution is 2.27. The van der Waals surface area contributed by atoms with E-state index in [9.17, 15) is 13.2 Å². The average Bonchev–Trinajstić information content (AvgIpc) is 2.96. The lowest BCUT2D eigenvalue weighted by molar-refractivity contribution is 0.0596. The van der Waals surface area contributed by atoms with Crippen molar-refractivity contribution in [2.45, 2.75) is 18.2 Å². The molecule has 0 spiro atoms. The summed E-state index contributed by atoms with van der Waals surface area (Å²) in [5.74, 6) is -0.333. The van der Waals surface area contributed by atoms with E-state index in [0.717, 1.165) is 18.5 Å². The number of carbonyl (C=O) groups excluding carboxylic acids is 1. The van der Waals surface area contributed by atoms with Gasteiger partial charge in [-0.15, -0.1) is 0 Å². The number of aryl methyl sites for hydroxylation is 1. The SMILES string of the molecule is CNCC1CCN(S(=O)(=O)c2ccc(C)cc2C(=O)OC)C1. The summed E-state index contributed by atoms with van der Waals surface area (Å²) in [6, 6.07) is 4.74. The number of rotatable bonds is 5. The van der Waals surface area contributed by atoms with Gasteiger partial charge in [0, 0.05) is 13.1 Å². The minimum atomic E-state index is -3.69. The van der Waals surface area contributed by atoms with Crippen molar-refractivity contribution < 1.29 is 17.9 Å². The molecule has 22 heavy (non-hydrogen) atoms. The number of carbonyl (C=O) groups is 1. The fourth-order valence-corrected chi connectivity index (χ4v) is 4.44. The molecule has 0 aromatic heterocycles. The van der Waals surface area contributed by atoms with Crippen LogP contribution in [-0.4, -0.2) is 52.5 Å². The fourth-order valence-electron chi connectivity index (χ4n) is 2.75. The van der Waals surface area contributed by atoms with Crippen molar-refractivity contribution in [1.29, 1.82) is 0 Å². The third kappa shape index (κ3) is 3.31. The zero-order chi connectivity index (χ0) is 16.3. The summed E-state index contributed by atoms with van der Waals surface area (Å²) in [5.41, 5.74) is 0.911. The molecule has 0 radical (unpaired) electrons. The Hall–Kier alpha value is -1.44. The van der Waals surface area contributed by atoms with Crippen molar-refractivity contribution in [3.05, 3.63) is 29.3 Å². The summed E-state index contributed by atoms with van der Waals surface area (Å²) in [6.45, 7) is 3.53. The van der Waals surface area contributed by atoms with Gasteiger partial charge in [-0.1, -0.05) is 11.6 Å². The van der Waals surface area contributed by atoms with Gasteiger partial charge in [-0.25, -0.2) is 13.2 Å². The Kier molecular flexibility index (Phi) is 5.20. The predicted octanol–water partition coefficient (Wildman–Crippen LogP) is 1.01. The molecule has 1 unspecified atom stereocenters. The highest BCUT2D eigenvalue weighted by Gasteiger charge is 2.34. The summed E-state index contributed by atoms with van der Waals surface area (Å²) in [5, 5.41) is 3.07. The number of ether oxygens (including phenoxy) is 1. The van der Waals surface area contributed by atoms with E-state index in [0.29, 0.717) is 19.0 Å². The summed E-state index contributed by atoms with van der Waals surface area (Å²) in [4.78, 5) is 11.9. The first-order chi connectivity index (χ1) is 10.4. The van der Waals surface area contributed by atoms with E-state index < -0.39 is 16.0 Å². The Morgan fingerprint density at radius 3 is 2.82 bits per heavy atom. The largest absolute Gasteiger partial charge is 0.465 e. The summed E-state index contributed by atoms with van der Waals surface area (Å²) < 4.78 is 31.8. The van der Waals surface area contributed by atoms with Crippen LogP contribution >= 0.6 is 0 Å². The van der Waals surface area contributed by atoms with E-state index in [1.54, 1.807) is 12.1 Å². The smallest absolute Gasteiger partial charge is 0.339 e. The van der Waals surface area contributed by atoms with Gasteiger partial charge in [0.1, 0.15) is 0 Å². The topological polar surface area (TPSA) is 75.7 Å². The maximum Gasteiger partial charge on any atom is 0.339 e. The molecule has 1 heterocycles. The lowest BCUT2D eigenvalue weighted by atomic mass is 10.1. The second-order valence-corrected chi connectivity index (χ2v) is 7.47. The molecule has 1 aliphatic heterocycles. The Balaban J connectivity index is 2.36. The first-order valence-corrected chi connectivity index (χ1v) is 8.68. The zero-order valence-corrected chi connectivity index (χ0v) is 13.9. The van der Waals surface area contributed by atoms with Gasteiger partial charge in [-0.05, 0) is 45.0 Å². The molecule has 0 amide bonds. The van der Waals surface area contributed by atoms with E-state index in [1.807, 2.05) is 14.0 Å². The van der Waals surface area contributed by atoms with Gasteiger partial charge in [0.15, 0.2) is 0 Å². The van der Waals surface area contributed by atoms with Crippen molar-refractivity contribution in [3.8, 4) is 0 Å². The Morgan fingerprint density at radius 2 is 2.18 bits per heavy atom. The van der Waals surface area contributed by atoms with Crippen LogP contribution in [0.15, 0.2) is 23.1 Å². The first-order valence-electron chi connectivity index (χ1n) is 7.24. The summed E-state index contributed by atoms with van der Waals surface area (Å²) in [6.07, 6.45) is 0.819. The number of hydrogen-bond donors (Lipinski definition) is 1. The van der Waals surface area contributed by atoms with Gasteiger partial charge in [-0.3, -0.25) is 0 Å². The molecule has 1 aromatic carbocycles. The molecular formula is C15H22N2O4S. The standard InChI is InChI=1S/C15H22N2O4S/c1-11-4-5-14(13(8-11)15(18)21-3)22(19,20)17-7-6-12(10-17)9-16-2/h4-5,8,12,16H,6-7,9-10H2,1-3H3. The molecule has 1 fully saturated rings. The van der Waals surface area contributed by atoms with Crippen LogP contribution in [0.1, 0.15) is 22.3 Å². The third-order valence-electron chi connectivity index (χ3n) is 3.90. The van der Waals surface area contributed by atoms with Crippen molar-refractivity contribution in [2.24, 2.45) is 5.92 Å². The minimum Gasteiger partial charge on any atom is -0.465 e.